The number of amides is 1. The van der Waals surface area contributed by atoms with Crippen molar-refractivity contribution in [3.8, 4) is 0 Å². The number of fused-ring (bicyclic) bond motifs is 1. The summed E-state index contributed by atoms with van der Waals surface area (Å²) in [6, 6.07) is 5.46. The fraction of sp³-hybridized carbons (Fsp3) is 0.400. The van der Waals surface area contributed by atoms with Crippen molar-refractivity contribution in [3.63, 3.8) is 0 Å². The normalized spacial score (nSPS) is 18.8. The summed E-state index contributed by atoms with van der Waals surface area (Å²) in [5, 5.41) is 14.2. The maximum atomic E-state index is 12.5. The Kier molecular flexibility index (Phi) is 9.13. The van der Waals surface area contributed by atoms with Crippen LogP contribution in [0.1, 0.15) is 10.4 Å². The average molecular weight is 523 g/mol. The lowest BCUT2D eigenvalue weighted by Gasteiger charge is -2.21. The van der Waals surface area contributed by atoms with Crippen molar-refractivity contribution in [3.05, 3.63) is 48.5 Å². The molecule has 16 heteroatoms. The lowest BCUT2D eigenvalue weighted by molar-refractivity contribution is -0.193. The van der Waals surface area contributed by atoms with Crippen LogP contribution in [0.4, 0.5) is 32.3 Å². The van der Waals surface area contributed by atoms with Gasteiger partial charge >= 0.3 is 24.3 Å². The van der Waals surface area contributed by atoms with Crippen LogP contribution in [0.5, 0.6) is 0 Å². The quantitative estimate of drug-likeness (QED) is 0.569. The summed E-state index contributed by atoms with van der Waals surface area (Å²) < 4.78 is 63.5. The third-order valence-electron chi connectivity index (χ3n) is 5.00. The van der Waals surface area contributed by atoms with Gasteiger partial charge in [-0.05, 0) is 18.2 Å². The molecule has 2 unspecified atom stereocenters. The molecule has 2 atom stereocenters. The minimum absolute atomic E-state index is 0.0880. The molecule has 0 bridgehead atoms. The molecule has 0 saturated carbocycles. The number of carboxylic acids is 2. The van der Waals surface area contributed by atoms with E-state index < -0.39 is 24.3 Å². The third-order valence-corrected chi connectivity index (χ3v) is 5.00. The molecule has 2 saturated heterocycles. The molecule has 36 heavy (non-hydrogen) atoms. The first-order chi connectivity index (χ1) is 16.7. The highest BCUT2D eigenvalue weighted by Crippen LogP contribution is 2.33. The lowest BCUT2D eigenvalue weighted by atomic mass is 10.0. The van der Waals surface area contributed by atoms with Gasteiger partial charge in [-0.15, -0.1) is 0 Å². The zero-order valence-electron chi connectivity index (χ0n) is 18.1. The smallest absolute Gasteiger partial charge is 0.475 e. The third kappa shape index (κ3) is 8.06. The van der Waals surface area contributed by atoms with E-state index in [1.807, 2.05) is 17.0 Å². The molecule has 0 aromatic carbocycles. The summed E-state index contributed by atoms with van der Waals surface area (Å²) in [5.41, 5.74) is 0.672. The fourth-order valence-corrected chi connectivity index (χ4v) is 3.45. The number of carboxylic acid groups (broad SMARTS) is 2. The number of rotatable bonds is 2. The van der Waals surface area contributed by atoms with Gasteiger partial charge in [-0.2, -0.15) is 26.3 Å². The maximum absolute atomic E-state index is 12.5. The van der Waals surface area contributed by atoms with Crippen molar-refractivity contribution in [1.82, 2.24) is 19.9 Å². The molecule has 0 aliphatic carbocycles. The predicted molar refractivity (Wildman–Crippen MR) is 109 cm³/mol. The van der Waals surface area contributed by atoms with E-state index in [0.717, 1.165) is 32.1 Å². The Morgan fingerprint density at radius 2 is 1.28 bits per heavy atom. The number of carbonyl (C=O) groups excluding carboxylic acids is 1. The topological polar surface area (TPSA) is 137 Å². The highest BCUT2D eigenvalue weighted by Gasteiger charge is 2.42. The molecule has 2 fully saturated rings. The summed E-state index contributed by atoms with van der Waals surface area (Å²) >= 11 is 0. The van der Waals surface area contributed by atoms with E-state index in [9.17, 15) is 31.1 Å². The SMILES string of the molecule is O=C(O)C(F)(F)F.O=C(O)C(F)(F)F.O=C(c1cccnc1)N1CC2CN(c3ncccn3)CC2C1. The van der Waals surface area contributed by atoms with Crippen LogP contribution in [0.2, 0.25) is 0 Å². The van der Waals surface area contributed by atoms with Crippen LogP contribution in [0.15, 0.2) is 43.0 Å². The van der Waals surface area contributed by atoms with Crippen LogP contribution in [0.25, 0.3) is 0 Å². The van der Waals surface area contributed by atoms with Gasteiger partial charge in [-0.1, -0.05) is 0 Å². The lowest BCUT2D eigenvalue weighted by Crippen LogP contribution is -2.33. The molecule has 0 spiro atoms. The van der Waals surface area contributed by atoms with Gasteiger partial charge in [0, 0.05) is 62.8 Å². The number of aromatic nitrogens is 3. The number of anilines is 1. The Morgan fingerprint density at radius 3 is 1.67 bits per heavy atom. The number of pyridine rings is 1. The molecule has 2 aromatic rings. The van der Waals surface area contributed by atoms with Gasteiger partial charge in [0.25, 0.3) is 5.91 Å². The number of halogens is 6. The largest absolute Gasteiger partial charge is 0.490 e. The second-order valence-electron chi connectivity index (χ2n) is 7.53. The van der Waals surface area contributed by atoms with E-state index in [1.54, 1.807) is 30.9 Å². The zero-order valence-corrected chi connectivity index (χ0v) is 18.1. The number of hydrogen-bond acceptors (Lipinski definition) is 7. The van der Waals surface area contributed by atoms with Gasteiger partial charge in [-0.3, -0.25) is 9.78 Å². The van der Waals surface area contributed by atoms with Crippen molar-refractivity contribution < 1.29 is 50.9 Å². The van der Waals surface area contributed by atoms with Gasteiger partial charge in [0.1, 0.15) is 0 Å². The van der Waals surface area contributed by atoms with Crippen molar-refractivity contribution >= 4 is 23.8 Å². The molecule has 2 aliphatic rings. The maximum Gasteiger partial charge on any atom is 0.490 e. The van der Waals surface area contributed by atoms with Crippen molar-refractivity contribution in [2.45, 2.75) is 12.4 Å². The number of likely N-dealkylation sites (tertiary alicyclic amines) is 1. The predicted octanol–water partition coefficient (Wildman–Crippen LogP) is 2.35. The Balaban J connectivity index is 0.000000271. The molecular weight excluding hydrogens is 504 g/mol. The standard InChI is InChI=1S/C16H17N5O.2C2HF3O2/c22-15(12-3-1-4-17-7-12)20-8-13-10-21(11-14(13)9-20)16-18-5-2-6-19-16;2*3-2(4,5)1(6)7/h1-7,13-14H,8-11H2;2*(H,6,7). The van der Waals surface area contributed by atoms with Crippen LogP contribution in [-0.2, 0) is 9.59 Å². The minimum Gasteiger partial charge on any atom is -0.475 e. The van der Waals surface area contributed by atoms with E-state index in [4.69, 9.17) is 19.8 Å². The molecule has 1 amide bonds. The Hall–Kier alpha value is -3.98. The van der Waals surface area contributed by atoms with Gasteiger partial charge in [0.2, 0.25) is 5.95 Å². The summed E-state index contributed by atoms with van der Waals surface area (Å²) in [6.45, 7) is 3.46. The minimum atomic E-state index is -5.08. The molecule has 2 aromatic heterocycles. The number of aliphatic carboxylic acids is 2. The Morgan fingerprint density at radius 1 is 0.806 bits per heavy atom. The van der Waals surface area contributed by atoms with E-state index in [2.05, 4.69) is 19.9 Å². The molecular formula is C20H19F6N5O5. The molecule has 2 N–H and O–H groups in total. The average Bonchev–Trinajstić information content (AvgIpc) is 3.39. The zero-order chi connectivity index (χ0) is 27.1. The first-order valence-electron chi connectivity index (χ1n) is 10.0. The summed E-state index contributed by atoms with van der Waals surface area (Å²) in [6.07, 6.45) is -3.29. The van der Waals surface area contributed by atoms with E-state index in [0.29, 0.717) is 17.4 Å². The second kappa shape index (κ2) is 11.6. The molecule has 4 heterocycles. The summed E-state index contributed by atoms with van der Waals surface area (Å²) in [7, 11) is 0. The number of hydrogen-bond donors (Lipinski definition) is 2. The Labute approximate surface area is 199 Å². The molecule has 4 rings (SSSR count). The van der Waals surface area contributed by atoms with Gasteiger partial charge < -0.3 is 20.0 Å². The van der Waals surface area contributed by atoms with Crippen LogP contribution in [0.3, 0.4) is 0 Å². The van der Waals surface area contributed by atoms with Crippen molar-refractivity contribution in [2.24, 2.45) is 11.8 Å². The van der Waals surface area contributed by atoms with Gasteiger partial charge in [0.15, 0.2) is 0 Å². The molecule has 0 radical (unpaired) electrons. The van der Waals surface area contributed by atoms with Crippen LogP contribution < -0.4 is 4.90 Å². The van der Waals surface area contributed by atoms with Gasteiger partial charge in [-0.25, -0.2) is 19.6 Å². The van der Waals surface area contributed by atoms with Crippen LogP contribution >= 0.6 is 0 Å². The van der Waals surface area contributed by atoms with Crippen LogP contribution in [-0.4, -0.2) is 86.4 Å². The van der Waals surface area contributed by atoms with Gasteiger partial charge in [0.05, 0.1) is 5.56 Å². The fourth-order valence-electron chi connectivity index (χ4n) is 3.45. The summed E-state index contributed by atoms with van der Waals surface area (Å²) in [4.78, 5) is 47.1. The summed E-state index contributed by atoms with van der Waals surface area (Å²) in [5.74, 6) is -3.62. The molecule has 196 valence electrons. The van der Waals surface area contributed by atoms with Crippen molar-refractivity contribution in [2.75, 3.05) is 31.1 Å². The van der Waals surface area contributed by atoms with E-state index >= 15 is 0 Å². The number of nitrogens with zero attached hydrogens (tertiary/aromatic N) is 5. The second-order valence-corrected chi connectivity index (χ2v) is 7.53. The number of alkyl halides is 6. The monoisotopic (exact) mass is 523 g/mol. The highest BCUT2D eigenvalue weighted by atomic mass is 19.4. The number of carbonyl (C=O) groups is 3. The first kappa shape index (κ1) is 28.3. The highest BCUT2D eigenvalue weighted by molar-refractivity contribution is 5.94. The molecule has 2 aliphatic heterocycles. The van der Waals surface area contributed by atoms with Crippen LogP contribution in [0, 0.1) is 11.8 Å². The first-order valence-corrected chi connectivity index (χ1v) is 10.0. The molecule has 10 nitrogen and oxygen atoms in total. The van der Waals surface area contributed by atoms with Crippen molar-refractivity contribution in [1.29, 1.82) is 0 Å². The Bertz CT molecular complexity index is 1000. The van der Waals surface area contributed by atoms with E-state index in [1.165, 1.54) is 0 Å². The van der Waals surface area contributed by atoms with E-state index in [-0.39, 0.29) is 5.91 Å².